The van der Waals surface area contributed by atoms with Crippen molar-refractivity contribution in [2.24, 2.45) is 0 Å². The van der Waals surface area contributed by atoms with Gasteiger partial charge < -0.3 is 10.4 Å². The number of aliphatic carboxylic acids is 1. The molecule has 1 rings (SSSR count). The van der Waals surface area contributed by atoms with E-state index in [9.17, 15) is 4.79 Å². The lowest BCUT2D eigenvalue weighted by Gasteiger charge is -2.01. The van der Waals surface area contributed by atoms with Crippen molar-refractivity contribution < 1.29 is 9.90 Å². The zero-order chi connectivity index (χ0) is 5.98. The summed E-state index contributed by atoms with van der Waals surface area (Å²) in [5, 5.41) is 11.0. The Morgan fingerprint density at radius 2 is 2.62 bits per heavy atom. The lowest BCUT2D eigenvalue weighted by atomic mass is 10.2. The molecule has 0 aromatic carbocycles. The zero-order valence-corrected chi connectivity index (χ0v) is 4.29. The number of nitrogens with one attached hydrogen (secondary N) is 1. The van der Waals surface area contributed by atoms with Crippen molar-refractivity contribution in [3.05, 3.63) is 12.3 Å². The molecule has 1 heterocycles. The average molecular weight is 113 g/mol. The fourth-order valence-electron chi connectivity index (χ4n) is 0.628. The molecule has 2 N–H and O–H groups in total. The fourth-order valence-corrected chi connectivity index (χ4v) is 0.628. The SMILES string of the molecule is O=C(O)[C@@H]1CC=CN1. The molecule has 1 aliphatic heterocycles. The molecule has 0 aromatic rings. The van der Waals surface area contributed by atoms with Gasteiger partial charge in [0.1, 0.15) is 6.04 Å². The summed E-state index contributed by atoms with van der Waals surface area (Å²) in [5.74, 6) is -0.782. The number of carbonyl (C=O) groups is 1. The molecular formula is C5H7NO2. The van der Waals surface area contributed by atoms with E-state index in [1.54, 1.807) is 12.3 Å². The minimum absolute atomic E-state index is 0.380. The van der Waals surface area contributed by atoms with Crippen LogP contribution in [0, 0.1) is 0 Å². The maximum absolute atomic E-state index is 10.1. The Labute approximate surface area is 47.0 Å². The second-order valence-electron chi connectivity index (χ2n) is 1.70. The summed E-state index contributed by atoms with van der Waals surface area (Å²) in [6.07, 6.45) is 4.08. The van der Waals surface area contributed by atoms with E-state index in [0.717, 1.165) is 0 Å². The Bertz CT molecular complexity index is 122. The molecule has 0 amide bonds. The van der Waals surface area contributed by atoms with Crippen LogP contribution < -0.4 is 5.32 Å². The van der Waals surface area contributed by atoms with Crippen LogP contribution in [-0.2, 0) is 4.79 Å². The lowest BCUT2D eigenvalue weighted by molar-refractivity contribution is -0.138. The van der Waals surface area contributed by atoms with Gasteiger partial charge in [-0.3, -0.25) is 0 Å². The molecule has 0 fully saturated rings. The molecule has 0 radical (unpaired) electrons. The number of carboxylic acid groups (broad SMARTS) is 1. The molecule has 0 spiro atoms. The van der Waals surface area contributed by atoms with E-state index < -0.39 is 5.97 Å². The van der Waals surface area contributed by atoms with E-state index in [1.807, 2.05) is 0 Å². The molecule has 0 unspecified atom stereocenters. The molecule has 0 saturated heterocycles. The Morgan fingerprint density at radius 3 is 2.88 bits per heavy atom. The second-order valence-corrected chi connectivity index (χ2v) is 1.70. The van der Waals surface area contributed by atoms with Crippen LogP contribution in [-0.4, -0.2) is 17.1 Å². The molecule has 3 nitrogen and oxygen atoms in total. The summed E-state index contributed by atoms with van der Waals surface area (Å²) in [6, 6.07) is -0.380. The minimum Gasteiger partial charge on any atom is -0.480 e. The molecule has 0 saturated carbocycles. The van der Waals surface area contributed by atoms with Crippen molar-refractivity contribution >= 4 is 5.97 Å². The predicted octanol–water partition coefficient (Wildman–Crippen LogP) is -0.0534. The molecule has 0 aromatic heterocycles. The summed E-state index contributed by atoms with van der Waals surface area (Å²) in [4.78, 5) is 10.1. The average Bonchev–Trinajstić information content (AvgIpc) is 2.12. The number of hydrogen-bond donors (Lipinski definition) is 2. The molecule has 1 atom stereocenters. The van der Waals surface area contributed by atoms with Gasteiger partial charge in [-0.25, -0.2) is 4.79 Å². The fraction of sp³-hybridized carbons (Fsp3) is 0.400. The highest BCUT2D eigenvalue weighted by molar-refractivity contribution is 5.74. The van der Waals surface area contributed by atoms with Gasteiger partial charge in [-0.2, -0.15) is 0 Å². The van der Waals surface area contributed by atoms with Gasteiger partial charge in [0, 0.05) is 0 Å². The highest BCUT2D eigenvalue weighted by Crippen LogP contribution is 1.99. The van der Waals surface area contributed by atoms with E-state index in [0.29, 0.717) is 6.42 Å². The second kappa shape index (κ2) is 1.86. The van der Waals surface area contributed by atoms with Gasteiger partial charge in [0.15, 0.2) is 0 Å². The van der Waals surface area contributed by atoms with Crippen LogP contribution in [0.2, 0.25) is 0 Å². The predicted molar refractivity (Wildman–Crippen MR) is 28.3 cm³/mol. The molecule has 44 valence electrons. The van der Waals surface area contributed by atoms with Gasteiger partial charge >= 0.3 is 5.97 Å². The van der Waals surface area contributed by atoms with Crippen molar-refractivity contribution in [3.63, 3.8) is 0 Å². The molecule has 0 bridgehead atoms. The maximum Gasteiger partial charge on any atom is 0.326 e. The third kappa shape index (κ3) is 0.804. The van der Waals surface area contributed by atoms with Crippen molar-refractivity contribution in [2.75, 3.05) is 0 Å². The van der Waals surface area contributed by atoms with E-state index >= 15 is 0 Å². The van der Waals surface area contributed by atoms with Gasteiger partial charge in [0.2, 0.25) is 0 Å². The van der Waals surface area contributed by atoms with E-state index in [1.165, 1.54) is 0 Å². The molecule has 8 heavy (non-hydrogen) atoms. The van der Waals surface area contributed by atoms with Crippen molar-refractivity contribution in [2.45, 2.75) is 12.5 Å². The van der Waals surface area contributed by atoms with E-state index in [-0.39, 0.29) is 6.04 Å². The number of hydrogen-bond acceptors (Lipinski definition) is 2. The largest absolute Gasteiger partial charge is 0.480 e. The Balaban J connectivity index is 2.41. The van der Waals surface area contributed by atoms with Crippen molar-refractivity contribution in [1.29, 1.82) is 0 Å². The third-order valence-electron chi connectivity index (χ3n) is 1.09. The Morgan fingerprint density at radius 1 is 1.88 bits per heavy atom. The first kappa shape index (κ1) is 5.15. The molecule has 1 aliphatic rings. The van der Waals surface area contributed by atoms with Crippen LogP contribution in [0.5, 0.6) is 0 Å². The smallest absolute Gasteiger partial charge is 0.326 e. The maximum atomic E-state index is 10.1. The zero-order valence-electron chi connectivity index (χ0n) is 4.29. The highest BCUT2D eigenvalue weighted by Gasteiger charge is 2.15. The number of rotatable bonds is 1. The Kier molecular flexibility index (Phi) is 1.20. The lowest BCUT2D eigenvalue weighted by Crippen LogP contribution is -2.28. The summed E-state index contributed by atoms with van der Waals surface area (Å²) in [6.45, 7) is 0. The van der Waals surface area contributed by atoms with E-state index in [4.69, 9.17) is 5.11 Å². The van der Waals surface area contributed by atoms with Crippen LogP contribution >= 0.6 is 0 Å². The first-order valence-electron chi connectivity index (χ1n) is 2.44. The van der Waals surface area contributed by atoms with Gasteiger partial charge in [0.25, 0.3) is 0 Å². The van der Waals surface area contributed by atoms with Crippen LogP contribution in [0.3, 0.4) is 0 Å². The first-order valence-corrected chi connectivity index (χ1v) is 2.44. The molecule has 0 aliphatic carbocycles. The van der Waals surface area contributed by atoms with Crippen LogP contribution in [0.1, 0.15) is 6.42 Å². The third-order valence-corrected chi connectivity index (χ3v) is 1.09. The summed E-state index contributed by atoms with van der Waals surface area (Å²) < 4.78 is 0. The monoisotopic (exact) mass is 113 g/mol. The van der Waals surface area contributed by atoms with Crippen LogP contribution in [0.25, 0.3) is 0 Å². The van der Waals surface area contributed by atoms with Crippen molar-refractivity contribution in [1.82, 2.24) is 5.32 Å². The number of carboxylic acids is 1. The Hall–Kier alpha value is -0.990. The van der Waals surface area contributed by atoms with E-state index in [2.05, 4.69) is 5.32 Å². The summed E-state index contributed by atoms with van der Waals surface area (Å²) in [5.41, 5.74) is 0. The molecular weight excluding hydrogens is 106 g/mol. The van der Waals surface area contributed by atoms with Gasteiger partial charge in [-0.15, -0.1) is 0 Å². The van der Waals surface area contributed by atoms with Crippen molar-refractivity contribution in [3.8, 4) is 0 Å². The standard InChI is InChI=1S/C5H7NO2/c7-5(8)4-2-1-3-6-4/h1,3-4,6H,2H2,(H,7,8)/t4-/m0/s1. The summed E-state index contributed by atoms with van der Waals surface area (Å²) in [7, 11) is 0. The highest BCUT2D eigenvalue weighted by atomic mass is 16.4. The van der Waals surface area contributed by atoms with Gasteiger partial charge in [-0.05, 0) is 12.6 Å². The minimum atomic E-state index is -0.782. The van der Waals surface area contributed by atoms with Gasteiger partial charge in [0.05, 0.1) is 0 Å². The normalized spacial score (nSPS) is 25.2. The van der Waals surface area contributed by atoms with Crippen LogP contribution in [0.15, 0.2) is 12.3 Å². The quantitative estimate of drug-likeness (QED) is 0.501. The topological polar surface area (TPSA) is 49.3 Å². The van der Waals surface area contributed by atoms with Gasteiger partial charge in [-0.1, -0.05) is 6.08 Å². The first-order chi connectivity index (χ1) is 3.80. The van der Waals surface area contributed by atoms with Crippen LogP contribution in [0.4, 0.5) is 0 Å². The molecule has 3 heteroatoms. The summed E-state index contributed by atoms with van der Waals surface area (Å²) >= 11 is 0.